The lowest BCUT2D eigenvalue weighted by atomic mass is 9.78. The number of nitrogens with zero attached hydrogens (tertiary/aromatic N) is 2. The van der Waals surface area contributed by atoms with E-state index < -0.39 is 7.12 Å². The van der Waals surface area contributed by atoms with Gasteiger partial charge in [-0.3, -0.25) is 4.98 Å². The van der Waals surface area contributed by atoms with Gasteiger partial charge in [-0.25, -0.2) is 0 Å². The highest BCUT2D eigenvalue weighted by Gasteiger charge is 2.38. The molecule has 184 valence electrons. The molecule has 38 heavy (non-hydrogen) atoms. The first-order chi connectivity index (χ1) is 18.4. The summed E-state index contributed by atoms with van der Waals surface area (Å²) in [6.45, 7) is 4.69. The Hall–Kier alpha value is -4.13. The first-order valence-electron chi connectivity index (χ1n) is 13.1. The number of rotatable bonds is 2. The van der Waals surface area contributed by atoms with Crippen molar-refractivity contribution in [3.8, 4) is 5.69 Å². The van der Waals surface area contributed by atoms with Gasteiger partial charge in [0.15, 0.2) is 5.58 Å². The van der Waals surface area contributed by atoms with Gasteiger partial charge in [-0.1, -0.05) is 61.9 Å². The Morgan fingerprint density at radius 2 is 1.74 bits per heavy atom. The summed E-state index contributed by atoms with van der Waals surface area (Å²) < 4.78 is 8.71. The van der Waals surface area contributed by atoms with Crippen molar-refractivity contribution >= 4 is 61.9 Å². The molecule has 6 heteroatoms. The number of pyridine rings is 1. The lowest BCUT2D eigenvalue weighted by molar-refractivity contribution is 0.425. The smallest absolute Gasteiger partial charge is 0.454 e. The highest BCUT2D eigenvalue weighted by molar-refractivity contribution is 6.61. The van der Waals surface area contributed by atoms with Crippen LogP contribution in [0.3, 0.4) is 0 Å². The van der Waals surface area contributed by atoms with Gasteiger partial charge in [0.05, 0.1) is 16.7 Å². The van der Waals surface area contributed by atoms with Gasteiger partial charge in [0, 0.05) is 44.8 Å². The Bertz CT molecular complexity index is 2040. The zero-order chi connectivity index (χ0) is 25.8. The standard InChI is InChI=1S/C32H25BN2O3/c1-32(2)24-10-4-3-7-18(24)21-15-22-23-17-34-14-13-27(23)35(29(22)16-25(21)32)28-12-6-9-20-19-8-5-11-26(33(36)37)30(19)38-31(20)28/h3,5-9,11-17,36-37H,4,10H2,1-2H3. The van der Waals surface area contributed by atoms with Gasteiger partial charge in [0.25, 0.3) is 0 Å². The fourth-order valence-electron chi connectivity index (χ4n) is 6.84. The summed E-state index contributed by atoms with van der Waals surface area (Å²) in [5, 5.41) is 24.0. The molecule has 5 nitrogen and oxygen atoms in total. The van der Waals surface area contributed by atoms with Gasteiger partial charge in [-0.05, 0) is 53.8 Å². The number of hydrogen-bond acceptors (Lipinski definition) is 4. The zero-order valence-electron chi connectivity index (χ0n) is 21.2. The van der Waals surface area contributed by atoms with Gasteiger partial charge >= 0.3 is 7.12 Å². The minimum Gasteiger partial charge on any atom is -0.454 e. The van der Waals surface area contributed by atoms with Crippen LogP contribution in [-0.4, -0.2) is 26.7 Å². The van der Waals surface area contributed by atoms with Crippen LogP contribution in [0.1, 0.15) is 37.8 Å². The van der Waals surface area contributed by atoms with Crippen molar-refractivity contribution in [3.05, 3.63) is 95.8 Å². The molecular weight excluding hydrogens is 471 g/mol. The summed E-state index contributed by atoms with van der Waals surface area (Å²) in [6, 6.07) is 18.4. The number of hydrogen-bond donors (Lipinski definition) is 2. The maximum absolute atomic E-state index is 9.98. The highest BCUT2D eigenvalue weighted by atomic mass is 16.4. The predicted molar refractivity (Wildman–Crippen MR) is 154 cm³/mol. The van der Waals surface area contributed by atoms with Crippen molar-refractivity contribution < 1.29 is 14.5 Å². The molecule has 2 aliphatic carbocycles. The Morgan fingerprint density at radius 3 is 2.58 bits per heavy atom. The molecule has 0 fully saturated rings. The lowest BCUT2D eigenvalue weighted by Crippen LogP contribution is -2.29. The third-order valence-corrected chi connectivity index (χ3v) is 8.65. The number of fused-ring (bicyclic) bond motifs is 8. The van der Waals surface area contributed by atoms with Crippen LogP contribution >= 0.6 is 0 Å². The topological polar surface area (TPSA) is 71.4 Å². The van der Waals surface area contributed by atoms with Crippen molar-refractivity contribution in [2.24, 2.45) is 0 Å². The number of benzene rings is 3. The largest absolute Gasteiger partial charge is 0.492 e. The van der Waals surface area contributed by atoms with E-state index >= 15 is 0 Å². The van der Waals surface area contributed by atoms with Gasteiger partial charge in [-0.2, -0.15) is 0 Å². The van der Waals surface area contributed by atoms with Crippen LogP contribution < -0.4 is 5.46 Å². The van der Waals surface area contributed by atoms with Crippen LogP contribution in [0.25, 0.3) is 55.0 Å². The molecule has 0 saturated carbocycles. The quantitative estimate of drug-likeness (QED) is 0.282. The number of furan rings is 1. The molecule has 6 aromatic rings. The molecule has 0 bridgehead atoms. The summed E-state index contributed by atoms with van der Waals surface area (Å²) in [4.78, 5) is 4.48. The third kappa shape index (κ3) is 2.71. The molecule has 2 aliphatic rings. The van der Waals surface area contributed by atoms with E-state index in [1.165, 1.54) is 22.3 Å². The normalized spacial score (nSPS) is 16.2. The first-order valence-corrected chi connectivity index (χ1v) is 13.1. The van der Waals surface area contributed by atoms with Gasteiger partial charge in [0.2, 0.25) is 0 Å². The summed E-state index contributed by atoms with van der Waals surface area (Å²) in [5.41, 5.74) is 10.2. The summed E-state index contributed by atoms with van der Waals surface area (Å²) in [7, 11) is -1.61. The van der Waals surface area contributed by atoms with E-state index in [2.05, 4.69) is 59.8 Å². The zero-order valence-corrected chi connectivity index (χ0v) is 21.2. The van der Waals surface area contributed by atoms with Crippen molar-refractivity contribution in [1.82, 2.24) is 9.55 Å². The van der Waals surface area contributed by atoms with Crippen LogP contribution in [0.4, 0.5) is 0 Å². The van der Waals surface area contributed by atoms with E-state index in [0.29, 0.717) is 16.6 Å². The van der Waals surface area contributed by atoms with Crippen molar-refractivity contribution in [2.75, 3.05) is 0 Å². The molecule has 0 aliphatic heterocycles. The summed E-state index contributed by atoms with van der Waals surface area (Å²) >= 11 is 0. The highest BCUT2D eigenvalue weighted by Crippen LogP contribution is 2.52. The number of allylic oxidation sites excluding steroid dienone is 4. The van der Waals surface area contributed by atoms with Crippen molar-refractivity contribution in [2.45, 2.75) is 32.1 Å². The van der Waals surface area contributed by atoms with E-state index in [4.69, 9.17) is 4.42 Å². The molecule has 0 unspecified atom stereocenters. The summed E-state index contributed by atoms with van der Waals surface area (Å²) in [6.07, 6.45) is 10.6. The molecular formula is C32H25BN2O3. The van der Waals surface area contributed by atoms with E-state index in [-0.39, 0.29) is 5.41 Å². The fraction of sp³-hybridized carbons (Fsp3) is 0.156. The molecule has 0 amide bonds. The first kappa shape index (κ1) is 21.9. The molecule has 0 spiro atoms. The van der Waals surface area contributed by atoms with Gasteiger partial charge in [0.1, 0.15) is 5.58 Å². The van der Waals surface area contributed by atoms with Crippen LogP contribution in [-0.2, 0) is 5.41 Å². The van der Waals surface area contributed by atoms with Gasteiger partial charge < -0.3 is 19.0 Å². The van der Waals surface area contributed by atoms with E-state index in [9.17, 15) is 10.0 Å². The molecule has 3 heterocycles. The molecule has 3 aromatic heterocycles. The molecule has 3 aromatic carbocycles. The second-order valence-corrected chi connectivity index (χ2v) is 11.0. The monoisotopic (exact) mass is 496 g/mol. The Labute approximate surface area is 219 Å². The molecule has 0 radical (unpaired) electrons. The molecule has 2 N–H and O–H groups in total. The lowest BCUT2D eigenvalue weighted by Gasteiger charge is -2.25. The average molecular weight is 496 g/mol. The maximum atomic E-state index is 9.98. The fourth-order valence-corrected chi connectivity index (χ4v) is 6.84. The molecule has 8 rings (SSSR count). The Morgan fingerprint density at radius 1 is 0.921 bits per heavy atom. The van der Waals surface area contributed by atoms with Crippen LogP contribution in [0.15, 0.2) is 89.1 Å². The van der Waals surface area contributed by atoms with Gasteiger partial charge in [-0.15, -0.1) is 0 Å². The number of para-hydroxylation sites is 2. The molecule has 0 atom stereocenters. The van der Waals surface area contributed by atoms with E-state index in [0.717, 1.165) is 51.1 Å². The second-order valence-electron chi connectivity index (χ2n) is 11.0. The maximum Gasteiger partial charge on any atom is 0.492 e. The van der Waals surface area contributed by atoms with E-state index in [1.807, 2.05) is 36.7 Å². The Balaban J connectivity index is 1.49. The number of aromatic nitrogens is 2. The minimum atomic E-state index is -1.61. The van der Waals surface area contributed by atoms with Crippen LogP contribution in [0, 0.1) is 0 Å². The SMILES string of the molecule is CC1(C)C2=C(C=CCC2)c2cc3c4cnccc4n(-c4cccc5c4oc4c(B(O)O)cccc45)c3cc21. The van der Waals surface area contributed by atoms with Crippen LogP contribution in [0.5, 0.6) is 0 Å². The van der Waals surface area contributed by atoms with Crippen molar-refractivity contribution in [1.29, 1.82) is 0 Å². The average Bonchev–Trinajstić information content (AvgIpc) is 3.54. The second kappa shape index (κ2) is 7.47. The summed E-state index contributed by atoms with van der Waals surface area (Å²) in [5.74, 6) is 0. The third-order valence-electron chi connectivity index (χ3n) is 8.65. The molecule has 0 saturated heterocycles. The van der Waals surface area contributed by atoms with Crippen molar-refractivity contribution in [3.63, 3.8) is 0 Å². The Kier molecular flexibility index (Phi) is 4.31. The van der Waals surface area contributed by atoms with Crippen LogP contribution in [0.2, 0.25) is 0 Å². The predicted octanol–water partition coefficient (Wildman–Crippen LogP) is 6.15. The van der Waals surface area contributed by atoms with E-state index in [1.54, 1.807) is 6.07 Å². The minimum absolute atomic E-state index is 0.0410.